The topological polar surface area (TPSA) is 77.4 Å². The number of piperidine rings is 1. The summed E-state index contributed by atoms with van der Waals surface area (Å²) in [6.07, 6.45) is 2.56. The lowest BCUT2D eigenvalue weighted by Crippen LogP contribution is -2.49. The molecule has 0 bridgehead atoms. The third-order valence-corrected chi connectivity index (χ3v) is 7.47. The van der Waals surface area contributed by atoms with Crippen LogP contribution in [0.1, 0.15) is 36.3 Å². The van der Waals surface area contributed by atoms with Crippen molar-refractivity contribution in [3.8, 4) is 0 Å². The average Bonchev–Trinajstić information content (AvgIpc) is 3.23. The number of hydrogen-bond acceptors (Lipinski definition) is 4. The van der Waals surface area contributed by atoms with E-state index in [-0.39, 0.29) is 18.1 Å². The molecule has 2 aliphatic rings. The predicted molar refractivity (Wildman–Crippen MR) is 125 cm³/mol. The van der Waals surface area contributed by atoms with Gasteiger partial charge < -0.3 is 0 Å². The smallest absolute Gasteiger partial charge is 0.254 e. The summed E-state index contributed by atoms with van der Waals surface area (Å²) < 4.78 is 59.0. The first-order valence-corrected chi connectivity index (χ1v) is 12.4. The Balaban J connectivity index is 1.69. The second-order valence-electron chi connectivity index (χ2n) is 7.88. The summed E-state index contributed by atoms with van der Waals surface area (Å²) in [4.78, 5) is 4.08. The fourth-order valence-electron chi connectivity index (χ4n) is 4.08. The van der Waals surface area contributed by atoms with Crippen molar-refractivity contribution in [3.05, 3.63) is 70.2 Å². The summed E-state index contributed by atoms with van der Waals surface area (Å²) in [5.74, 6) is -2.21. The van der Waals surface area contributed by atoms with E-state index in [1.54, 1.807) is 24.3 Å². The van der Waals surface area contributed by atoms with Crippen LogP contribution in [0.5, 0.6) is 0 Å². The van der Waals surface area contributed by atoms with Gasteiger partial charge in [-0.25, -0.2) is 18.5 Å². The van der Waals surface area contributed by atoms with E-state index in [0.717, 1.165) is 19.3 Å². The van der Waals surface area contributed by atoms with Crippen LogP contribution in [0.2, 0.25) is 5.02 Å². The molecular formula is C22H24ClF2N5O2S. The number of halogens is 3. The highest BCUT2D eigenvalue weighted by Crippen LogP contribution is 2.32. The largest absolute Gasteiger partial charge is 0.303 e. The van der Waals surface area contributed by atoms with Crippen LogP contribution in [0.4, 0.5) is 8.78 Å². The van der Waals surface area contributed by atoms with Gasteiger partial charge in [-0.2, -0.15) is 17.8 Å². The molecule has 1 atom stereocenters. The van der Waals surface area contributed by atoms with Gasteiger partial charge in [0.2, 0.25) is 5.96 Å². The zero-order chi connectivity index (χ0) is 23.6. The van der Waals surface area contributed by atoms with Crippen molar-refractivity contribution >= 4 is 33.5 Å². The Morgan fingerprint density at radius 3 is 2.33 bits per heavy atom. The fourth-order valence-corrected chi connectivity index (χ4v) is 5.51. The van der Waals surface area contributed by atoms with E-state index >= 15 is 0 Å². The van der Waals surface area contributed by atoms with Crippen LogP contribution in [-0.2, 0) is 10.2 Å². The standard InChI is InChI=1S/C22H24ClF2N5O2S/c1-26-22(28-33(31,32)29-12-3-2-4-13-29)30-14-17(20-18(24)6-5-7-19(20)25)21(27-30)15-8-10-16(23)11-9-15/h5-11,17H,2-4,12-14H2,1H3,(H,26,28). The zero-order valence-electron chi connectivity index (χ0n) is 18.0. The molecule has 2 aromatic carbocycles. The molecule has 1 fully saturated rings. The molecule has 7 nitrogen and oxygen atoms in total. The molecule has 4 rings (SSSR count). The molecule has 1 unspecified atom stereocenters. The van der Waals surface area contributed by atoms with Crippen LogP contribution in [0.15, 0.2) is 52.6 Å². The molecule has 0 aromatic heterocycles. The van der Waals surface area contributed by atoms with E-state index in [1.165, 1.54) is 34.6 Å². The van der Waals surface area contributed by atoms with Crippen molar-refractivity contribution in [1.82, 2.24) is 14.0 Å². The van der Waals surface area contributed by atoms with Crippen LogP contribution in [-0.4, -0.2) is 56.1 Å². The van der Waals surface area contributed by atoms with Gasteiger partial charge >= 0.3 is 10.2 Å². The Morgan fingerprint density at radius 1 is 1.09 bits per heavy atom. The molecule has 2 aromatic rings. The molecule has 2 aliphatic heterocycles. The summed E-state index contributed by atoms with van der Waals surface area (Å²) in [5.41, 5.74) is 0.862. The number of hydrazone groups is 1. The van der Waals surface area contributed by atoms with E-state index < -0.39 is 27.8 Å². The monoisotopic (exact) mass is 495 g/mol. The molecule has 0 spiro atoms. The molecule has 0 radical (unpaired) electrons. The maximum absolute atomic E-state index is 14.7. The van der Waals surface area contributed by atoms with Gasteiger partial charge in [-0.3, -0.25) is 4.99 Å². The third kappa shape index (κ3) is 5.02. The number of hydrogen-bond donors (Lipinski definition) is 1. The third-order valence-electron chi connectivity index (χ3n) is 5.73. The van der Waals surface area contributed by atoms with Gasteiger partial charge in [-0.05, 0) is 42.7 Å². The Morgan fingerprint density at radius 2 is 1.73 bits per heavy atom. The Labute approximate surface area is 196 Å². The van der Waals surface area contributed by atoms with Crippen molar-refractivity contribution < 1.29 is 17.2 Å². The number of aliphatic imine (C=N–C) groups is 1. The minimum Gasteiger partial charge on any atom is -0.254 e. The first kappa shape index (κ1) is 23.6. The van der Waals surface area contributed by atoms with Crippen molar-refractivity contribution in [2.24, 2.45) is 10.1 Å². The van der Waals surface area contributed by atoms with Crippen LogP contribution in [0.3, 0.4) is 0 Å². The number of nitrogens with zero attached hydrogens (tertiary/aromatic N) is 4. The lowest BCUT2D eigenvalue weighted by atomic mass is 9.90. The van der Waals surface area contributed by atoms with Crippen LogP contribution < -0.4 is 4.72 Å². The molecule has 176 valence electrons. The van der Waals surface area contributed by atoms with Crippen molar-refractivity contribution in [2.75, 3.05) is 26.7 Å². The van der Waals surface area contributed by atoms with E-state index in [2.05, 4.69) is 14.8 Å². The van der Waals surface area contributed by atoms with Crippen LogP contribution >= 0.6 is 11.6 Å². The number of guanidine groups is 1. The van der Waals surface area contributed by atoms with Gasteiger partial charge in [0.1, 0.15) is 11.6 Å². The molecule has 2 heterocycles. The Bertz CT molecular complexity index is 1160. The highest BCUT2D eigenvalue weighted by atomic mass is 35.5. The van der Waals surface area contributed by atoms with Gasteiger partial charge in [0.25, 0.3) is 0 Å². The first-order chi connectivity index (χ1) is 15.8. The van der Waals surface area contributed by atoms with Crippen LogP contribution in [0, 0.1) is 11.6 Å². The first-order valence-electron chi connectivity index (χ1n) is 10.6. The molecule has 1 saturated heterocycles. The van der Waals surface area contributed by atoms with Crippen molar-refractivity contribution in [1.29, 1.82) is 0 Å². The fraction of sp³-hybridized carbons (Fsp3) is 0.364. The van der Waals surface area contributed by atoms with Crippen molar-refractivity contribution in [3.63, 3.8) is 0 Å². The number of benzene rings is 2. The molecular weight excluding hydrogens is 472 g/mol. The molecule has 0 amide bonds. The van der Waals surface area contributed by atoms with Gasteiger partial charge in [-0.1, -0.05) is 36.2 Å². The minimum atomic E-state index is -3.84. The second-order valence-corrected chi connectivity index (χ2v) is 9.98. The van der Waals surface area contributed by atoms with Gasteiger partial charge in [0, 0.05) is 30.7 Å². The average molecular weight is 496 g/mol. The Kier molecular flexibility index (Phi) is 6.96. The van der Waals surface area contributed by atoms with E-state index in [0.29, 0.717) is 29.4 Å². The minimum absolute atomic E-state index is 0.00497. The molecule has 1 N–H and O–H groups in total. The normalized spacial score (nSPS) is 20.1. The summed E-state index contributed by atoms with van der Waals surface area (Å²) in [5, 5.41) is 6.37. The number of nitrogens with one attached hydrogen (secondary N) is 1. The zero-order valence-corrected chi connectivity index (χ0v) is 19.6. The predicted octanol–water partition coefficient (Wildman–Crippen LogP) is 3.73. The molecule has 0 aliphatic carbocycles. The maximum atomic E-state index is 14.7. The quantitative estimate of drug-likeness (QED) is 0.518. The summed E-state index contributed by atoms with van der Waals surface area (Å²) in [6, 6.07) is 10.4. The second kappa shape index (κ2) is 9.74. The van der Waals surface area contributed by atoms with Gasteiger partial charge in [0.15, 0.2) is 0 Å². The molecule has 33 heavy (non-hydrogen) atoms. The molecule has 11 heteroatoms. The highest BCUT2D eigenvalue weighted by Gasteiger charge is 2.36. The van der Waals surface area contributed by atoms with Gasteiger partial charge in [0.05, 0.1) is 18.2 Å². The summed E-state index contributed by atoms with van der Waals surface area (Å²) in [6.45, 7) is 0.856. The molecule has 0 saturated carbocycles. The van der Waals surface area contributed by atoms with E-state index in [4.69, 9.17) is 11.6 Å². The van der Waals surface area contributed by atoms with Crippen LogP contribution in [0.25, 0.3) is 0 Å². The maximum Gasteiger partial charge on any atom is 0.303 e. The van der Waals surface area contributed by atoms with E-state index in [1.807, 2.05) is 0 Å². The van der Waals surface area contributed by atoms with Crippen molar-refractivity contribution in [2.45, 2.75) is 25.2 Å². The van der Waals surface area contributed by atoms with E-state index in [9.17, 15) is 17.2 Å². The summed E-state index contributed by atoms with van der Waals surface area (Å²) >= 11 is 6.00. The summed E-state index contributed by atoms with van der Waals surface area (Å²) in [7, 11) is -2.41. The number of rotatable bonds is 4. The SMILES string of the molecule is CN=C(NS(=O)(=O)N1CCCCC1)N1CC(c2c(F)cccc2F)C(c2ccc(Cl)cc2)=N1. The Hall–Kier alpha value is -2.56. The lowest BCUT2D eigenvalue weighted by molar-refractivity contribution is 0.343. The highest BCUT2D eigenvalue weighted by molar-refractivity contribution is 7.87. The van der Waals surface area contributed by atoms with Gasteiger partial charge in [-0.15, -0.1) is 0 Å². The lowest BCUT2D eigenvalue weighted by Gasteiger charge is -2.27.